The lowest BCUT2D eigenvalue weighted by molar-refractivity contribution is -0.109. The molecule has 3 aromatic rings. The second-order valence-electron chi connectivity index (χ2n) is 5.44. The highest BCUT2D eigenvalue weighted by Crippen LogP contribution is 2.27. The van der Waals surface area contributed by atoms with Gasteiger partial charge in [-0.05, 0) is 39.6 Å². The van der Waals surface area contributed by atoms with Crippen LogP contribution < -0.4 is 0 Å². The molecule has 3 aromatic carbocycles. The van der Waals surface area contributed by atoms with Crippen molar-refractivity contribution in [1.82, 2.24) is 0 Å². The van der Waals surface area contributed by atoms with Crippen LogP contribution in [-0.4, -0.2) is 5.78 Å². The quantitative estimate of drug-likeness (QED) is 0.644. The van der Waals surface area contributed by atoms with Crippen LogP contribution >= 0.6 is 0 Å². The number of allylic oxidation sites excluding steroid dienone is 4. The summed E-state index contributed by atoms with van der Waals surface area (Å²) in [6.07, 6.45) is 5.27. The van der Waals surface area contributed by atoms with Crippen molar-refractivity contribution < 1.29 is 4.79 Å². The largest absolute Gasteiger partial charge is 0.289 e. The van der Waals surface area contributed by atoms with Gasteiger partial charge in [0.1, 0.15) is 0 Å². The van der Waals surface area contributed by atoms with Crippen LogP contribution in [0, 0.1) is 0 Å². The topological polar surface area (TPSA) is 17.1 Å². The van der Waals surface area contributed by atoms with Gasteiger partial charge in [-0.1, -0.05) is 72.8 Å². The summed E-state index contributed by atoms with van der Waals surface area (Å²) in [5.74, 6) is 0.0819. The fourth-order valence-electron chi connectivity index (χ4n) is 2.85. The summed E-state index contributed by atoms with van der Waals surface area (Å²) < 4.78 is 0. The minimum absolute atomic E-state index is 0.0819. The van der Waals surface area contributed by atoms with E-state index in [9.17, 15) is 4.79 Å². The van der Waals surface area contributed by atoms with Crippen molar-refractivity contribution in [2.24, 2.45) is 0 Å². The highest BCUT2D eigenvalue weighted by atomic mass is 16.1. The summed E-state index contributed by atoms with van der Waals surface area (Å²) >= 11 is 0. The Balaban J connectivity index is 1.71. The molecule has 1 nitrogen and oxygen atoms in total. The third-order valence-electron chi connectivity index (χ3n) is 4.05. The fraction of sp³-hybridized carbons (Fsp3) is 0. The van der Waals surface area contributed by atoms with E-state index in [0.717, 1.165) is 16.7 Å². The van der Waals surface area contributed by atoms with E-state index in [-0.39, 0.29) is 5.78 Å². The van der Waals surface area contributed by atoms with Gasteiger partial charge in [-0.3, -0.25) is 4.79 Å². The summed E-state index contributed by atoms with van der Waals surface area (Å²) in [5.41, 5.74) is 4.09. The number of carbonyl (C=O) groups is 1. The number of ketones is 1. The molecule has 0 bridgehead atoms. The predicted octanol–water partition coefficient (Wildman–Crippen LogP) is 5.03. The van der Waals surface area contributed by atoms with E-state index >= 15 is 0 Å². The molecule has 1 heteroatoms. The molecule has 0 heterocycles. The molecule has 0 saturated heterocycles. The third-order valence-corrected chi connectivity index (χ3v) is 4.05. The molecule has 0 saturated carbocycles. The van der Waals surface area contributed by atoms with Crippen LogP contribution in [0.5, 0.6) is 0 Å². The molecule has 0 atom stereocenters. The zero-order valence-corrected chi connectivity index (χ0v) is 12.0. The molecule has 0 unspecified atom stereocenters. The minimum Gasteiger partial charge on any atom is -0.289 e. The van der Waals surface area contributed by atoms with E-state index in [4.69, 9.17) is 0 Å². The van der Waals surface area contributed by atoms with Gasteiger partial charge >= 0.3 is 0 Å². The van der Waals surface area contributed by atoms with Crippen LogP contribution in [0.3, 0.4) is 0 Å². The lowest BCUT2D eigenvalue weighted by atomic mass is 9.98. The molecule has 0 N–H and O–H groups in total. The molecule has 1 aliphatic carbocycles. The van der Waals surface area contributed by atoms with Crippen LogP contribution in [0.2, 0.25) is 0 Å². The van der Waals surface area contributed by atoms with E-state index in [1.807, 2.05) is 18.2 Å². The molecule has 0 aliphatic heterocycles. The average Bonchev–Trinajstić information content (AvgIpc) is 3.01. The van der Waals surface area contributed by atoms with Crippen molar-refractivity contribution in [2.75, 3.05) is 0 Å². The Hall–Kier alpha value is -2.93. The Morgan fingerprint density at radius 1 is 0.636 bits per heavy atom. The van der Waals surface area contributed by atoms with Gasteiger partial charge in [-0.15, -0.1) is 0 Å². The molecule has 1 aliphatic rings. The van der Waals surface area contributed by atoms with Gasteiger partial charge in [0.15, 0.2) is 5.78 Å². The average molecular weight is 282 g/mol. The van der Waals surface area contributed by atoms with E-state index in [1.54, 1.807) is 12.2 Å². The lowest BCUT2D eigenvalue weighted by Crippen LogP contribution is -1.93. The maximum atomic E-state index is 11.7. The number of hydrogen-bond donors (Lipinski definition) is 0. The first-order valence-corrected chi connectivity index (χ1v) is 7.33. The number of hydrogen-bond acceptors (Lipinski definition) is 1. The second kappa shape index (κ2) is 5.12. The Kier molecular flexibility index (Phi) is 2.97. The monoisotopic (exact) mass is 282 g/mol. The minimum atomic E-state index is 0.0819. The second-order valence-corrected chi connectivity index (χ2v) is 5.44. The van der Waals surface area contributed by atoms with E-state index in [1.165, 1.54) is 16.3 Å². The molecule has 22 heavy (non-hydrogen) atoms. The standard InChI is InChI=1S/C21H14O/c22-21-7-3-6-20(21)17-11-8-16(9-12-17)19-13-10-15-4-1-2-5-18(15)14-19/h1-14H. The van der Waals surface area contributed by atoms with Crippen LogP contribution in [0.1, 0.15) is 5.56 Å². The Labute approximate surface area is 129 Å². The van der Waals surface area contributed by atoms with Crippen molar-refractivity contribution >= 4 is 22.1 Å². The van der Waals surface area contributed by atoms with Crippen molar-refractivity contribution in [3.63, 3.8) is 0 Å². The highest BCUT2D eigenvalue weighted by molar-refractivity contribution is 6.28. The number of rotatable bonds is 2. The summed E-state index contributed by atoms with van der Waals surface area (Å²) in [6, 6.07) is 23.0. The van der Waals surface area contributed by atoms with Crippen LogP contribution in [-0.2, 0) is 4.79 Å². The molecule has 0 aromatic heterocycles. The maximum absolute atomic E-state index is 11.7. The normalized spacial score (nSPS) is 13.6. The molecule has 0 spiro atoms. The zero-order valence-electron chi connectivity index (χ0n) is 12.0. The number of carbonyl (C=O) groups excluding carboxylic acids is 1. The Morgan fingerprint density at radius 2 is 1.32 bits per heavy atom. The predicted molar refractivity (Wildman–Crippen MR) is 91.5 cm³/mol. The molecule has 0 radical (unpaired) electrons. The van der Waals surface area contributed by atoms with Crippen LogP contribution in [0.25, 0.3) is 27.5 Å². The summed E-state index contributed by atoms with van der Waals surface area (Å²) in [7, 11) is 0. The lowest BCUT2D eigenvalue weighted by Gasteiger charge is -2.06. The number of fused-ring (bicyclic) bond motifs is 1. The fourth-order valence-corrected chi connectivity index (χ4v) is 2.85. The first-order valence-electron chi connectivity index (χ1n) is 7.33. The van der Waals surface area contributed by atoms with Crippen molar-refractivity contribution in [3.05, 3.63) is 90.5 Å². The zero-order chi connectivity index (χ0) is 14.9. The van der Waals surface area contributed by atoms with Gasteiger partial charge in [-0.2, -0.15) is 0 Å². The number of benzene rings is 3. The summed E-state index contributed by atoms with van der Waals surface area (Å²) in [4.78, 5) is 11.7. The molecular formula is C21H14O. The molecule has 4 rings (SSSR count). The van der Waals surface area contributed by atoms with Crippen LogP contribution in [0.4, 0.5) is 0 Å². The van der Waals surface area contributed by atoms with Crippen molar-refractivity contribution in [3.8, 4) is 11.1 Å². The molecule has 104 valence electrons. The van der Waals surface area contributed by atoms with Gasteiger partial charge in [0.2, 0.25) is 0 Å². The highest BCUT2D eigenvalue weighted by Gasteiger charge is 2.12. The van der Waals surface area contributed by atoms with Crippen LogP contribution in [0.15, 0.2) is 85.0 Å². The van der Waals surface area contributed by atoms with E-state index in [0.29, 0.717) is 0 Å². The smallest absolute Gasteiger partial charge is 0.186 e. The molecule has 0 amide bonds. The summed E-state index contributed by atoms with van der Waals surface area (Å²) in [5, 5.41) is 2.48. The Bertz CT molecular complexity index is 928. The van der Waals surface area contributed by atoms with Gasteiger partial charge in [-0.25, -0.2) is 0 Å². The molecular weight excluding hydrogens is 268 g/mol. The SMILES string of the molecule is O=C1C=CC=C1c1ccc(-c2ccc3ccccc3c2)cc1. The third kappa shape index (κ3) is 2.17. The first-order chi connectivity index (χ1) is 10.8. The summed E-state index contributed by atoms with van der Waals surface area (Å²) in [6.45, 7) is 0. The van der Waals surface area contributed by atoms with Crippen molar-refractivity contribution in [2.45, 2.75) is 0 Å². The van der Waals surface area contributed by atoms with Gasteiger partial charge in [0.25, 0.3) is 0 Å². The van der Waals surface area contributed by atoms with Gasteiger partial charge in [0.05, 0.1) is 0 Å². The van der Waals surface area contributed by atoms with Crippen molar-refractivity contribution in [1.29, 1.82) is 0 Å². The van der Waals surface area contributed by atoms with Gasteiger partial charge in [0, 0.05) is 5.57 Å². The maximum Gasteiger partial charge on any atom is 0.186 e. The first kappa shape index (κ1) is 12.8. The van der Waals surface area contributed by atoms with Gasteiger partial charge < -0.3 is 0 Å². The Morgan fingerprint density at radius 3 is 2.05 bits per heavy atom. The van der Waals surface area contributed by atoms with E-state index in [2.05, 4.69) is 54.6 Å². The van der Waals surface area contributed by atoms with E-state index < -0.39 is 0 Å². The molecule has 0 fully saturated rings.